The van der Waals surface area contributed by atoms with E-state index in [2.05, 4.69) is 63.0 Å². The summed E-state index contributed by atoms with van der Waals surface area (Å²) in [5.41, 5.74) is 4.69. The van der Waals surface area contributed by atoms with Crippen molar-refractivity contribution in [1.82, 2.24) is 20.5 Å². The molecule has 0 saturated heterocycles. The molecule has 4 rings (SSSR count). The third-order valence-corrected chi connectivity index (χ3v) is 5.41. The first kappa shape index (κ1) is 17.4. The van der Waals surface area contributed by atoms with Gasteiger partial charge in [-0.1, -0.05) is 30.3 Å². The number of aromatic nitrogens is 3. The summed E-state index contributed by atoms with van der Waals surface area (Å²) in [6.45, 7) is 2.56. The van der Waals surface area contributed by atoms with Gasteiger partial charge in [0.2, 0.25) is 0 Å². The van der Waals surface area contributed by atoms with Crippen LogP contribution >= 0.6 is 11.3 Å². The van der Waals surface area contributed by atoms with Crippen LogP contribution in [0.15, 0.2) is 54.9 Å². The fourth-order valence-electron chi connectivity index (χ4n) is 3.03. The molecule has 27 heavy (non-hydrogen) atoms. The number of H-pyrrole nitrogens is 1. The van der Waals surface area contributed by atoms with E-state index >= 15 is 0 Å². The number of amides is 1. The highest BCUT2D eigenvalue weighted by molar-refractivity contribution is 7.13. The molecule has 2 aromatic heterocycles. The van der Waals surface area contributed by atoms with Crippen molar-refractivity contribution < 1.29 is 4.79 Å². The van der Waals surface area contributed by atoms with Crippen LogP contribution in [0.1, 0.15) is 26.7 Å². The number of hydrogen-bond acceptors (Lipinski definition) is 4. The quantitative estimate of drug-likeness (QED) is 0.491. The molecule has 0 aliphatic heterocycles. The van der Waals surface area contributed by atoms with E-state index < -0.39 is 0 Å². The summed E-state index contributed by atoms with van der Waals surface area (Å²) in [5.74, 6) is -0.0365. The van der Waals surface area contributed by atoms with Gasteiger partial charge in [0.1, 0.15) is 4.88 Å². The molecule has 5 nitrogen and oxygen atoms in total. The first-order valence-corrected chi connectivity index (χ1v) is 9.74. The third-order valence-electron chi connectivity index (χ3n) is 4.50. The first-order chi connectivity index (χ1) is 13.2. The number of benzene rings is 2. The lowest BCUT2D eigenvalue weighted by atomic mass is 10.0. The molecule has 0 radical (unpaired) electrons. The summed E-state index contributed by atoms with van der Waals surface area (Å²) in [6.07, 6.45) is 5.32. The maximum absolute atomic E-state index is 12.0. The number of thiazole rings is 1. The maximum Gasteiger partial charge on any atom is 0.263 e. The molecule has 2 N–H and O–H groups in total. The molecule has 0 unspecified atom stereocenters. The van der Waals surface area contributed by atoms with Gasteiger partial charge in [0, 0.05) is 11.9 Å². The van der Waals surface area contributed by atoms with Gasteiger partial charge in [-0.3, -0.25) is 9.89 Å². The first-order valence-electron chi connectivity index (χ1n) is 8.92. The molecule has 2 heterocycles. The van der Waals surface area contributed by atoms with Gasteiger partial charge in [0.05, 0.1) is 22.9 Å². The monoisotopic (exact) mass is 376 g/mol. The second-order valence-electron chi connectivity index (χ2n) is 6.47. The number of hydrogen-bond donors (Lipinski definition) is 2. The average Bonchev–Trinajstić information content (AvgIpc) is 3.33. The zero-order chi connectivity index (χ0) is 18.6. The summed E-state index contributed by atoms with van der Waals surface area (Å²) < 4.78 is 0. The second kappa shape index (κ2) is 7.72. The summed E-state index contributed by atoms with van der Waals surface area (Å²) in [4.78, 5) is 16.8. The molecule has 0 aliphatic carbocycles. The zero-order valence-electron chi connectivity index (χ0n) is 15.0. The number of nitrogens with one attached hydrogen (secondary N) is 2. The van der Waals surface area contributed by atoms with Gasteiger partial charge in [-0.15, -0.1) is 11.3 Å². The van der Waals surface area contributed by atoms with Gasteiger partial charge in [-0.25, -0.2) is 4.98 Å². The number of carbonyl (C=O) groups excluding carboxylic acids is 1. The number of nitrogens with zero attached hydrogens (tertiary/aromatic N) is 2. The molecule has 0 saturated carbocycles. The number of aromatic amines is 1. The third kappa shape index (κ3) is 4.06. The Labute approximate surface area is 161 Å². The number of fused-ring (bicyclic) bond motifs is 1. The van der Waals surface area contributed by atoms with Crippen molar-refractivity contribution in [2.75, 3.05) is 6.54 Å². The van der Waals surface area contributed by atoms with Crippen molar-refractivity contribution >= 4 is 28.1 Å². The summed E-state index contributed by atoms with van der Waals surface area (Å²) >= 11 is 1.42. The Morgan fingerprint density at radius 3 is 2.70 bits per heavy atom. The minimum Gasteiger partial charge on any atom is -0.351 e. The van der Waals surface area contributed by atoms with Crippen molar-refractivity contribution in [2.45, 2.75) is 19.8 Å². The van der Waals surface area contributed by atoms with E-state index in [9.17, 15) is 4.79 Å². The van der Waals surface area contributed by atoms with Crippen molar-refractivity contribution in [3.05, 3.63) is 70.3 Å². The Bertz CT molecular complexity index is 1070. The second-order valence-corrected chi connectivity index (χ2v) is 7.71. The normalized spacial score (nSPS) is 11.0. The van der Waals surface area contributed by atoms with Gasteiger partial charge in [0.25, 0.3) is 5.91 Å². The predicted octanol–water partition coefficient (Wildman–Crippen LogP) is 4.36. The van der Waals surface area contributed by atoms with Gasteiger partial charge < -0.3 is 5.32 Å². The van der Waals surface area contributed by atoms with E-state index in [1.54, 1.807) is 6.20 Å². The molecule has 0 aliphatic rings. The SMILES string of the molecule is Cc1ncc(C(=O)NCCCc2ccc(-c3ccc4[nH]ncc4c3)cc2)s1. The number of carbonyl (C=O) groups is 1. The summed E-state index contributed by atoms with van der Waals surface area (Å²) in [5, 5.41) is 12.0. The van der Waals surface area contributed by atoms with Crippen LogP contribution in [0.3, 0.4) is 0 Å². The van der Waals surface area contributed by atoms with E-state index in [0.29, 0.717) is 11.4 Å². The largest absolute Gasteiger partial charge is 0.351 e. The predicted molar refractivity (Wildman–Crippen MR) is 109 cm³/mol. The molecule has 1 amide bonds. The van der Waals surface area contributed by atoms with E-state index in [1.807, 2.05) is 13.1 Å². The fraction of sp³-hybridized carbons (Fsp3) is 0.190. The topological polar surface area (TPSA) is 70.7 Å². The molecule has 0 fully saturated rings. The minimum absolute atomic E-state index is 0.0365. The van der Waals surface area contributed by atoms with Gasteiger partial charge in [-0.2, -0.15) is 5.10 Å². The lowest BCUT2D eigenvalue weighted by molar-refractivity contribution is 0.0957. The molecule has 0 bridgehead atoms. The molecule has 4 aromatic rings. The Balaban J connectivity index is 1.30. The summed E-state index contributed by atoms with van der Waals surface area (Å²) in [6, 6.07) is 14.9. The minimum atomic E-state index is -0.0365. The van der Waals surface area contributed by atoms with Crippen molar-refractivity contribution in [3.8, 4) is 11.1 Å². The number of aryl methyl sites for hydroxylation is 2. The highest BCUT2D eigenvalue weighted by atomic mass is 32.1. The van der Waals surface area contributed by atoms with Gasteiger partial charge in [0.15, 0.2) is 0 Å². The standard InChI is InChI=1S/C21H20N4OS/c1-14-23-13-20(27-14)21(26)22-10-2-3-15-4-6-16(7-5-15)17-8-9-19-18(11-17)12-24-25-19/h4-9,11-13H,2-3,10H2,1H3,(H,22,26)(H,24,25). The Kier molecular flexibility index (Phi) is 4.98. The van der Waals surface area contributed by atoms with Crippen LogP contribution in [0.2, 0.25) is 0 Å². The van der Waals surface area contributed by atoms with E-state index in [-0.39, 0.29) is 5.91 Å². The van der Waals surface area contributed by atoms with Crippen LogP contribution in [0.4, 0.5) is 0 Å². The Morgan fingerprint density at radius 2 is 1.93 bits per heavy atom. The summed E-state index contributed by atoms with van der Waals surface area (Å²) in [7, 11) is 0. The highest BCUT2D eigenvalue weighted by Crippen LogP contribution is 2.24. The lowest BCUT2D eigenvalue weighted by Gasteiger charge is -2.06. The van der Waals surface area contributed by atoms with Gasteiger partial charge >= 0.3 is 0 Å². The molecular formula is C21H20N4OS. The van der Waals surface area contributed by atoms with Crippen LogP contribution in [0.25, 0.3) is 22.0 Å². The molecule has 0 atom stereocenters. The number of rotatable bonds is 6. The maximum atomic E-state index is 12.0. The van der Waals surface area contributed by atoms with Crippen LogP contribution in [-0.4, -0.2) is 27.6 Å². The van der Waals surface area contributed by atoms with Crippen molar-refractivity contribution in [1.29, 1.82) is 0 Å². The van der Waals surface area contributed by atoms with Gasteiger partial charge in [-0.05, 0) is 48.6 Å². The Morgan fingerprint density at radius 1 is 1.11 bits per heavy atom. The van der Waals surface area contributed by atoms with Crippen LogP contribution < -0.4 is 5.32 Å². The molecule has 6 heteroatoms. The Hall–Kier alpha value is -2.99. The van der Waals surface area contributed by atoms with E-state index in [0.717, 1.165) is 28.8 Å². The molecular weight excluding hydrogens is 356 g/mol. The molecule has 2 aromatic carbocycles. The van der Waals surface area contributed by atoms with Crippen LogP contribution in [0.5, 0.6) is 0 Å². The smallest absolute Gasteiger partial charge is 0.263 e. The average molecular weight is 376 g/mol. The van der Waals surface area contributed by atoms with Crippen molar-refractivity contribution in [3.63, 3.8) is 0 Å². The fourth-order valence-corrected chi connectivity index (χ4v) is 3.73. The molecule has 136 valence electrons. The van der Waals surface area contributed by atoms with Crippen LogP contribution in [0, 0.1) is 6.92 Å². The van der Waals surface area contributed by atoms with Crippen LogP contribution in [-0.2, 0) is 6.42 Å². The van der Waals surface area contributed by atoms with Crippen molar-refractivity contribution in [2.24, 2.45) is 0 Å². The molecule has 0 spiro atoms. The highest BCUT2D eigenvalue weighted by Gasteiger charge is 2.08. The van der Waals surface area contributed by atoms with E-state index in [1.165, 1.54) is 28.0 Å². The lowest BCUT2D eigenvalue weighted by Crippen LogP contribution is -2.23. The zero-order valence-corrected chi connectivity index (χ0v) is 15.8. The van der Waals surface area contributed by atoms with E-state index in [4.69, 9.17) is 0 Å².